The van der Waals surface area contributed by atoms with Crippen LogP contribution in [0.3, 0.4) is 0 Å². The number of ether oxygens (including phenoxy) is 3. The second kappa shape index (κ2) is 8.85. The molecule has 1 amide bonds. The average molecular weight is 421 g/mol. The largest absolute Gasteiger partial charge is 0.586 e. The second-order valence-electron chi connectivity index (χ2n) is 7.47. The van der Waals surface area contributed by atoms with E-state index in [4.69, 9.17) is 4.74 Å². The van der Waals surface area contributed by atoms with E-state index in [1.807, 2.05) is 30.3 Å². The van der Waals surface area contributed by atoms with Crippen LogP contribution in [0.4, 0.5) is 14.5 Å². The molecule has 2 aromatic rings. The molecule has 7 nitrogen and oxygen atoms in total. The summed E-state index contributed by atoms with van der Waals surface area (Å²) in [5.74, 6) is 0.593. The van der Waals surface area contributed by atoms with Crippen LogP contribution in [0.1, 0.15) is 0 Å². The van der Waals surface area contributed by atoms with Gasteiger partial charge in [0.25, 0.3) is 5.91 Å². The predicted octanol–water partition coefficient (Wildman–Crippen LogP) is -0.191. The van der Waals surface area contributed by atoms with Crippen LogP contribution in [0, 0.1) is 0 Å². The second-order valence-corrected chi connectivity index (χ2v) is 7.47. The van der Waals surface area contributed by atoms with Gasteiger partial charge in [0, 0.05) is 11.8 Å². The zero-order valence-corrected chi connectivity index (χ0v) is 16.5. The van der Waals surface area contributed by atoms with Crippen molar-refractivity contribution in [2.45, 2.75) is 6.29 Å². The average Bonchev–Trinajstić information content (AvgIpc) is 3.03. The van der Waals surface area contributed by atoms with Crippen LogP contribution in [0.25, 0.3) is 0 Å². The highest BCUT2D eigenvalue weighted by Crippen LogP contribution is 2.42. The molecule has 0 unspecified atom stereocenters. The number of rotatable bonds is 7. The fourth-order valence-corrected chi connectivity index (χ4v) is 3.67. The topological polar surface area (TPSA) is 65.7 Å². The number of carbonyl (C=O) groups excluding carboxylic acids is 1. The summed E-state index contributed by atoms with van der Waals surface area (Å²) < 4.78 is 40.7. The van der Waals surface area contributed by atoms with Crippen LogP contribution < -0.4 is 29.3 Å². The first-order valence-corrected chi connectivity index (χ1v) is 10.0. The Morgan fingerprint density at radius 3 is 2.47 bits per heavy atom. The van der Waals surface area contributed by atoms with Crippen LogP contribution in [-0.4, -0.2) is 58.1 Å². The molecule has 2 heterocycles. The third-order valence-electron chi connectivity index (χ3n) is 5.23. The molecular formula is C21H25F2N3O4+2. The number of nitrogens with one attached hydrogen (secondary N) is 3. The lowest BCUT2D eigenvalue weighted by Gasteiger charge is -2.29. The molecule has 2 aromatic carbocycles. The molecule has 0 bridgehead atoms. The van der Waals surface area contributed by atoms with Crippen molar-refractivity contribution in [1.82, 2.24) is 0 Å². The summed E-state index contributed by atoms with van der Waals surface area (Å²) >= 11 is 0. The SMILES string of the molecule is O=C(C[NH+]1CC[NH+](CCOc2ccccc2)CC1)Nc1ccc2c(c1)OC(F)(F)O2. The fraction of sp³-hybridized carbons (Fsp3) is 0.381. The van der Waals surface area contributed by atoms with Crippen molar-refractivity contribution >= 4 is 11.6 Å². The van der Waals surface area contributed by atoms with Crippen LogP contribution in [0.2, 0.25) is 0 Å². The fourth-order valence-electron chi connectivity index (χ4n) is 3.67. The number of anilines is 1. The number of hydrogen-bond donors (Lipinski definition) is 3. The Labute approximate surface area is 173 Å². The van der Waals surface area contributed by atoms with Gasteiger partial charge in [0.2, 0.25) is 0 Å². The third-order valence-corrected chi connectivity index (χ3v) is 5.23. The number of hydrogen-bond acceptors (Lipinski definition) is 4. The summed E-state index contributed by atoms with van der Waals surface area (Å²) in [4.78, 5) is 15.0. The number of benzene rings is 2. The quantitative estimate of drug-likeness (QED) is 0.580. The van der Waals surface area contributed by atoms with Crippen molar-refractivity contribution in [3.8, 4) is 17.2 Å². The van der Waals surface area contributed by atoms with Gasteiger partial charge in [-0.3, -0.25) is 4.79 Å². The molecule has 9 heteroatoms. The zero-order chi connectivity index (χ0) is 21.0. The van der Waals surface area contributed by atoms with Crippen molar-refractivity contribution in [1.29, 1.82) is 0 Å². The number of alkyl halides is 2. The maximum Gasteiger partial charge on any atom is 0.586 e. The highest BCUT2D eigenvalue weighted by Gasteiger charge is 2.43. The summed E-state index contributed by atoms with van der Waals surface area (Å²) in [5, 5.41) is 2.74. The van der Waals surface area contributed by atoms with Crippen molar-refractivity contribution < 1.29 is 37.6 Å². The van der Waals surface area contributed by atoms with Gasteiger partial charge in [-0.05, 0) is 24.3 Å². The maximum atomic E-state index is 13.1. The molecule has 0 aliphatic carbocycles. The maximum absolute atomic E-state index is 13.1. The minimum atomic E-state index is -3.66. The first-order chi connectivity index (χ1) is 14.5. The first kappa shape index (κ1) is 20.4. The molecule has 3 N–H and O–H groups in total. The third kappa shape index (κ3) is 5.37. The predicted molar refractivity (Wildman–Crippen MR) is 104 cm³/mol. The van der Waals surface area contributed by atoms with E-state index in [9.17, 15) is 13.6 Å². The van der Waals surface area contributed by atoms with Gasteiger partial charge in [0.05, 0.1) is 0 Å². The standard InChI is InChI=1S/C21H23F2N3O4/c22-21(23)29-18-7-6-16(14-19(18)30-21)24-20(27)15-26-10-8-25(9-11-26)12-13-28-17-4-2-1-3-5-17/h1-7,14H,8-13,15H2,(H,24,27)/p+2. The van der Waals surface area contributed by atoms with E-state index in [2.05, 4.69) is 14.8 Å². The molecule has 1 saturated heterocycles. The van der Waals surface area contributed by atoms with Gasteiger partial charge in [-0.2, -0.15) is 0 Å². The number of para-hydroxylation sites is 1. The molecular weight excluding hydrogens is 396 g/mol. The van der Waals surface area contributed by atoms with Crippen LogP contribution in [0.5, 0.6) is 17.2 Å². The number of fused-ring (bicyclic) bond motifs is 1. The molecule has 2 aliphatic rings. The molecule has 0 atom stereocenters. The van der Waals surface area contributed by atoms with Gasteiger partial charge < -0.3 is 29.3 Å². The lowest BCUT2D eigenvalue weighted by molar-refractivity contribution is -1.01. The highest BCUT2D eigenvalue weighted by molar-refractivity contribution is 5.91. The monoisotopic (exact) mass is 421 g/mol. The van der Waals surface area contributed by atoms with E-state index >= 15 is 0 Å². The van der Waals surface area contributed by atoms with Crippen LogP contribution >= 0.6 is 0 Å². The summed E-state index contributed by atoms with van der Waals surface area (Å²) in [6.07, 6.45) is -3.66. The van der Waals surface area contributed by atoms with Gasteiger partial charge in [-0.1, -0.05) is 18.2 Å². The Hall–Kier alpha value is -2.91. The van der Waals surface area contributed by atoms with Gasteiger partial charge in [0.1, 0.15) is 45.1 Å². The van der Waals surface area contributed by atoms with Crippen molar-refractivity contribution in [2.75, 3.05) is 51.2 Å². The smallest absolute Gasteiger partial charge is 0.488 e. The van der Waals surface area contributed by atoms with E-state index in [0.717, 1.165) is 38.5 Å². The zero-order valence-electron chi connectivity index (χ0n) is 16.5. The summed E-state index contributed by atoms with van der Waals surface area (Å²) in [5.41, 5.74) is 0.404. The molecule has 0 spiro atoms. The summed E-state index contributed by atoms with van der Waals surface area (Å²) in [7, 11) is 0. The number of quaternary nitrogens is 2. The Bertz CT molecular complexity index is 874. The van der Waals surface area contributed by atoms with E-state index in [0.29, 0.717) is 18.8 Å². The van der Waals surface area contributed by atoms with E-state index < -0.39 is 6.29 Å². The molecule has 2 aliphatic heterocycles. The highest BCUT2D eigenvalue weighted by atomic mass is 19.3. The Morgan fingerprint density at radius 1 is 1.00 bits per heavy atom. The lowest BCUT2D eigenvalue weighted by atomic mass is 10.2. The first-order valence-electron chi connectivity index (χ1n) is 10.0. The Kier molecular flexibility index (Phi) is 6.01. The van der Waals surface area contributed by atoms with E-state index in [1.54, 1.807) is 0 Å². The minimum absolute atomic E-state index is 0.0426. The van der Waals surface area contributed by atoms with Crippen LogP contribution in [-0.2, 0) is 4.79 Å². The van der Waals surface area contributed by atoms with Crippen molar-refractivity contribution in [3.63, 3.8) is 0 Å². The Morgan fingerprint density at radius 2 is 1.70 bits per heavy atom. The van der Waals surface area contributed by atoms with Gasteiger partial charge in [-0.25, -0.2) is 0 Å². The van der Waals surface area contributed by atoms with Crippen LogP contribution in [0.15, 0.2) is 48.5 Å². The van der Waals surface area contributed by atoms with Crippen molar-refractivity contribution in [3.05, 3.63) is 48.5 Å². The van der Waals surface area contributed by atoms with Gasteiger partial charge in [-0.15, -0.1) is 8.78 Å². The number of halogens is 2. The molecule has 0 aromatic heterocycles. The summed E-state index contributed by atoms with van der Waals surface area (Å²) in [6, 6.07) is 14.0. The number of piperazine rings is 1. The number of carbonyl (C=O) groups is 1. The number of amides is 1. The summed E-state index contributed by atoms with van der Waals surface area (Å²) in [6.45, 7) is 5.65. The molecule has 1 fully saturated rings. The minimum Gasteiger partial charge on any atom is -0.488 e. The molecule has 0 radical (unpaired) electrons. The Balaban J connectivity index is 1.17. The normalized spacial score (nSPS) is 21.8. The van der Waals surface area contributed by atoms with Crippen molar-refractivity contribution in [2.24, 2.45) is 0 Å². The van der Waals surface area contributed by atoms with E-state index in [-0.39, 0.29) is 17.4 Å². The molecule has 160 valence electrons. The molecule has 30 heavy (non-hydrogen) atoms. The lowest BCUT2D eigenvalue weighted by Crippen LogP contribution is -3.28. The molecule has 4 rings (SSSR count). The molecule has 0 saturated carbocycles. The van der Waals surface area contributed by atoms with Gasteiger partial charge >= 0.3 is 6.29 Å². The van der Waals surface area contributed by atoms with Gasteiger partial charge in [0.15, 0.2) is 18.0 Å². The van der Waals surface area contributed by atoms with E-state index in [1.165, 1.54) is 28.0 Å².